The molecule has 1 rings (SSSR count). The van der Waals surface area contributed by atoms with Gasteiger partial charge in [0.05, 0.1) is 6.61 Å². The molecule has 0 bridgehead atoms. The average molecular weight is 283 g/mol. The van der Waals surface area contributed by atoms with Crippen molar-refractivity contribution in [3.8, 4) is 0 Å². The fraction of sp³-hybridized carbons (Fsp3) is 0.333. The van der Waals surface area contributed by atoms with Crippen LogP contribution in [-0.4, -0.2) is 17.6 Å². The molecule has 0 N–H and O–H groups in total. The summed E-state index contributed by atoms with van der Waals surface area (Å²) in [6, 6.07) is 0. The second-order valence-corrected chi connectivity index (χ2v) is 3.66. The largest absolute Gasteiger partial charge is 0.461 e. The summed E-state index contributed by atoms with van der Waals surface area (Å²) < 4.78 is 5.58. The molecular formula is C6H6INO2S. The van der Waals surface area contributed by atoms with Crippen molar-refractivity contribution >= 4 is 39.9 Å². The van der Waals surface area contributed by atoms with Crippen LogP contribution in [0.2, 0.25) is 0 Å². The Morgan fingerprint density at radius 2 is 2.64 bits per heavy atom. The van der Waals surface area contributed by atoms with Gasteiger partial charge in [0.2, 0.25) is 5.01 Å². The second-order valence-electron chi connectivity index (χ2n) is 1.70. The van der Waals surface area contributed by atoms with Gasteiger partial charge in [-0.25, -0.2) is 9.78 Å². The monoisotopic (exact) mass is 283 g/mol. The summed E-state index contributed by atoms with van der Waals surface area (Å²) >= 11 is 3.36. The van der Waals surface area contributed by atoms with Gasteiger partial charge in [-0.1, -0.05) is 0 Å². The molecule has 1 aromatic heterocycles. The summed E-state index contributed by atoms with van der Waals surface area (Å²) in [5, 5.41) is 2.24. The smallest absolute Gasteiger partial charge is 0.367 e. The molecule has 0 unspecified atom stereocenters. The molecule has 3 nitrogen and oxygen atoms in total. The number of hydrogen-bond donors (Lipinski definition) is 0. The summed E-state index contributed by atoms with van der Waals surface area (Å²) in [5.41, 5.74) is 0. The Morgan fingerprint density at radius 1 is 1.91 bits per heavy atom. The Hall–Kier alpha value is -0.170. The number of carbonyl (C=O) groups excluding carboxylic acids is 1. The highest BCUT2D eigenvalue weighted by Gasteiger charge is 2.09. The predicted octanol–water partition coefficient (Wildman–Crippen LogP) is 1.92. The van der Waals surface area contributed by atoms with E-state index in [1.807, 2.05) is 5.38 Å². The van der Waals surface area contributed by atoms with Gasteiger partial charge < -0.3 is 4.74 Å². The molecule has 0 aliphatic heterocycles. The molecule has 0 radical (unpaired) electrons. The van der Waals surface area contributed by atoms with E-state index in [-0.39, 0.29) is 5.97 Å². The number of aromatic nitrogens is 1. The molecule has 0 saturated heterocycles. The molecule has 0 spiro atoms. The Bertz CT molecular complexity index is 261. The zero-order valence-electron chi connectivity index (χ0n) is 5.83. The summed E-state index contributed by atoms with van der Waals surface area (Å²) in [6.45, 7) is 2.17. The van der Waals surface area contributed by atoms with Crippen molar-refractivity contribution in [1.82, 2.24) is 4.98 Å². The summed E-state index contributed by atoms with van der Waals surface area (Å²) in [5.74, 6) is -0.333. The predicted molar refractivity (Wildman–Crippen MR) is 50.8 cm³/mol. The van der Waals surface area contributed by atoms with E-state index in [2.05, 4.69) is 27.6 Å². The molecule has 5 heteroatoms. The van der Waals surface area contributed by atoms with Gasteiger partial charge >= 0.3 is 5.97 Å². The normalized spacial score (nSPS) is 9.64. The van der Waals surface area contributed by atoms with E-state index >= 15 is 0 Å². The van der Waals surface area contributed by atoms with E-state index in [9.17, 15) is 4.79 Å². The fourth-order valence-corrected chi connectivity index (χ4v) is 1.89. The fourth-order valence-electron chi connectivity index (χ4n) is 0.541. The van der Waals surface area contributed by atoms with Crippen LogP contribution in [0.15, 0.2) is 5.38 Å². The first-order chi connectivity index (χ1) is 5.24. The molecular weight excluding hydrogens is 277 g/mol. The van der Waals surface area contributed by atoms with Crippen molar-refractivity contribution in [3.05, 3.63) is 14.1 Å². The van der Waals surface area contributed by atoms with Crippen LogP contribution >= 0.6 is 33.9 Å². The van der Waals surface area contributed by atoms with Crippen LogP contribution in [0.4, 0.5) is 0 Å². The molecule has 0 aromatic carbocycles. The standard InChI is InChI=1S/C6H6INO2S/c1-2-10-6(9)5-8-4(7)3-11-5/h3H,2H2,1H3. The molecule has 0 aliphatic rings. The topological polar surface area (TPSA) is 39.2 Å². The van der Waals surface area contributed by atoms with Crippen molar-refractivity contribution in [1.29, 1.82) is 0 Å². The third kappa shape index (κ3) is 2.41. The van der Waals surface area contributed by atoms with Gasteiger partial charge in [-0.15, -0.1) is 11.3 Å². The van der Waals surface area contributed by atoms with Gasteiger partial charge in [0.25, 0.3) is 0 Å². The minimum Gasteiger partial charge on any atom is -0.461 e. The Kier molecular flexibility index (Phi) is 3.25. The zero-order chi connectivity index (χ0) is 8.27. The minimum absolute atomic E-state index is 0.333. The SMILES string of the molecule is CCOC(=O)c1nc(I)cs1. The Labute approximate surface area is 81.9 Å². The van der Waals surface area contributed by atoms with E-state index < -0.39 is 0 Å². The van der Waals surface area contributed by atoms with Crippen molar-refractivity contribution < 1.29 is 9.53 Å². The number of nitrogens with zero attached hydrogens (tertiary/aromatic N) is 1. The number of rotatable bonds is 2. The zero-order valence-corrected chi connectivity index (χ0v) is 8.81. The lowest BCUT2D eigenvalue weighted by atomic mass is 10.7. The van der Waals surface area contributed by atoms with Crippen molar-refractivity contribution in [3.63, 3.8) is 0 Å². The van der Waals surface area contributed by atoms with Crippen LogP contribution in [-0.2, 0) is 4.74 Å². The van der Waals surface area contributed by atoms with E-state index in [0.29, 0.717) is 11.6 Å². The van der Waals surface area contributed by atoms with Gasteiger partial charge in [-0.3, -0.25) is 0 Å². The second kappa shape index (κ2) is 4.01. The number of thiazole rings is 1. The van der Waals surface area contributed by atoms with Gasteiger partial charge in [0, 0.05) is 5.38 Å². The third-order valence-corrected chi connectivity index (χ3v) is 2.72. The van der Waals surface area contributed by atoms with Crippen molar-refractivity contribution in [2.45, 2.75) is 6.92 Å². The van der Waals surface area contributed by atoms with Crippen LogP contribution in [0.25, 0.3) is 0 Å². The number of carbonyl (C=O) groups is 1. The maximum Gasteiger partial charge on any atom is 0.367 e. The van der Waals surface area contributed by atoms with Gasteiger partial charge in [-0.2, -0.15) is 0 Å². The summed E-state index contributed by atoms with van der Waals surface area (Å²) in [4.78, 5) is 14.9. The molecule has 0 atom stereocenters. The van der Waals surface area contributed by atoms with E-state index in [4.69, 9.17) is 4.74 Å². The van der Waals surface area contributed by atoms with Crippen LogP contribution in [0.5, 0.6) is 0 Å². The number of halogens is 1. The molecule has 0 aliphatic carbocycles. The van der Waals surface area contributed by atoms with Crippen molar-refractivity contribution in [2.24, 2.45) is 0 Å². The van der Waals surface area contributed by atoms with Gasteiger partial charge in [0.1, 0.15) is 3.70 Å². The van der Waals surface area contributed by atoms with E-state index in [1.54, 1.807) is 6.92 Å². The Balaban J connectivity index is 2.69. The van der Waals surface area contributed by atoms with E-state index in [1.165, 1.54) is 11.3 Å². The van der Waals surface area contributed by atoms with Crippen LogP contribution in [0.3, 0.4) is 0 Å². The number of esters is 1. The third-order valence-electron chi connectivity index (χ3n) is 0.926. The lowest BCUT2D eigenvalue weighted by molar-refractivity contribution is 0.0526. The quantitative estimate of drug-likeness (QED) is 0.615. The molecule has 0 saturated carbocycles. The first-order valence-corrected chi connectivity index (χ1v) is 4.98. The lowest BCUT2D eigenvalue weighted by Crippen LogP contribution is -2.03. The van der Waals surface area contributed by atoms with Gasteiger partial charge in [0.15, 0.2) is 0 Å². The first-order valence-electron chi connectivity index (χ1n) is 3.02. The maximum absolute atomic E-state index is 11.0. The number of hydrogen-bond acceptors (Lipinski definition) is 4. The first kappa shape index (κ1) is 8.92. The maximum atomic E-state index is 11.0. The molecule has 11 heavy (non-hydrogen) atoms. The molecule has 60 valence electrons. The van der Waals surface area contributed by atoms with Crippen molar-refractivity contribution in [2.75, 3.05) is 6.61 Å². The average Bonchev–Trinajstić information content (AvgIpc) is 2.36. The van der Waals surface area contributed by atoms with E-state index in [0.717, 1.165) is 3.70 Å². The Morgan fingerprint density at radius 3 is 3.09 bits per heavy atom. The highest BCUT2D eigenvalue weighted by molar-refractivity contribution is 14.1. The molecule has 1 heterocycles. The van der Waals surface area contributed by atoms with Crippen LogP contribution in [0, 0.1) is 3.70 Å². The molecule has 1 aromatic rings. The van der Waals surface area contributed by atoms with Crippen LogP contribution < -0.4 is 0 Å². The van der Waals surface area contributed by atoms with Crippen LogP contribution in [0.1, 0.15) is 16.7 Å². The highest BCUT2D eigenvalue weighted by atomic mass is 127. The minimum atomic E-state index is -0.333. The summed E-state index contributed by atoms with van der Waals surface area (Å²) in [7, 11) is 0. The number of ether oxygens (including phenoxy) is 1. The molecule has 0 fully saturated rings. The summed E-state index contributed by atoms with van der Waals surface area (Å²) in [6.07, 6.45) is 0. The lowest BCUT2D eigenvalue weighted by Gasteiger charge is -1.94. The van der Waals surface area contributed by atoms with Gasteiger partial charge in [-0.05, 0) is 29.5 Å². The highest BCUT2D eigenvalue weighted by Crippen LogP contribution is 2.12. The molecule has 0 amide bonds.